The second-order valence-electron chi connectivity index (χ2n) is 6.09. The van der Waals surface area contributed by atoms with Gasteiger partial charge in [-0.15, -0.1) is 0 Å². The molecule has 0 spiro atoms. The molecule has 2 aliphatic rings. The SMILES string of the molecule is CCCNc1ncnc(NC2CC3CCC2O3)c1CCC. The van der Waals surface area contributed by atoms with Crippen molar-refractivity contribution < 1.29 is 4.74 Å². The van der Waals surface area contributed by atoms with Crippen LogP contribution in [0, 0.1) is 0 Å². The van der Waals surface area contributed by atoms with Gasteiger partial charge in [-0.1, -0.05) is 20.3 Å². The Morgan fingerprint density at radius 1 is 1.19 bits per heavy atom. The normalized spacial score (nSPS) is 27.0. The quantitative estimate of drug-likeness (QED) is 0.808. The van der Waals surface area contributed by atoms with Gasteiger partial charge >= 0.3 is 0 Å². The number of fused-ring (bicyclic) bond motifs is 2. The largest absolute Gasteiger partial charge is 0.373 e. The molecule has 0 radical (unpaired) electrons. The van der Waals surface area contributed by atoms with Gasteiger partial charge < -0.3 is 15.4 Å². The Morgan fingerprint density at radius 3 is 2.71 bits per heavy atom. The lowest BCUT2D eigenvalue weighted by molar-refractivity contribution is 0.102. The summed E-state index contributed by atoms with van der Waals surface area (Å²) in [6.45, 7) is 5.31. The van der Waals surface area contributed by atoms with Gasteiger partial charge in [0.15, 0.2) is 0 Å². The maximum absolute atomic E-state index is 5.93. The highest BCUT2D eigenvalue weighted by atomic mass is 16.5. The van der Waals surface area contributed by atoms with Gasteiger partial charge in [0.2, 0.25) is 0 Å². The molecular formula is C16H26N4O. The number of ether oxygens (including phenoxy) is 1. The van der Waals surface area contributed by atoms with Crippen molar-refractivity contribution in [2.45, 2.75) is 70.6 Å². The zero-order valence-electron chi connectivity index (χ0n) is 13.1. The Labute approximate surface area is 126 Å². The van der Waals surface area contributed by atoms with Crippen LogP contribution < -0.4 is 10.6 Å². The molecule has 5 nitrogen and oxygen atoms in total. The van der Waals surface area contributed by atoms with E-state index >= 15 is 0 Å². The molecule has 21 heavy (non-hydrogen) atoms. The molecule has 3 atom stereocenters. The third-order valence-electron chi connectivity index (χ3n) is 4.42. The van der Waals surface area contributed by atoms with Gasteiger partial charge in [0, 0.05) is 12.1 Å². The number of hydrogen-bond acceptors (Lipinski definition) is 5. The van der Waals surface area contributed by atoms with E-state index in [1.54, 1.807) is 6.33 Å². The zero-order chi connectivity index (χ0) is 14.7. The summed E-state index contributed by atoms with van der Waals surface area (Å²) in [4.78, 5) is 8.92. The van der Waals surface area contributed by atoms with Crippen molar-refractivity contribution in [1.82, 2.24) is 9.97 Å². The average molecular weight is 290 g/mol. The van der Waals surface area contributed by atoms with Crippen LogP contribution in [0.5, 0.6) is 0 Å². The van der Waals surface area contributed by atoms with E-state index in [0.29, 0.717) is 18.2 Å². The minimum absolute atomic E-state index is 0.367. The van der Waals surface area contributed by atoms with Crippen molar-refractivity contribution >= 4 is 11.6 Å². The zero-order valence-corrected chi connectivity index (χ0v) is 13.1. The van der Waals surface area contributed by atoms with E-state index in [9.17, 15) is 0 Å². The fourth-order valence-electron chi connectivity index (χ4n) is 3.38. The van der Waals surface area contributed by atoms with E-state index in [4.69, 9.17) is 4.74 Å². The van der Waals surface area contributed by atoms with E-state index in [2.05, 4.69) is 34.4 Å². The van der Waals surface area contributed by atoms with Gasteiger partial charge in [-0.05, 0) is 32.1 Å². The molecule has 2 saturated heterocycles. The second kappa shape index (κ2) is 6.60. The highest BCUT2D eigenvalue weighted by molar-refractivity contribution is 5.58. The Hall–Kier alpha value is -1.36. The van der Waals surface area contributed by atoms with Gasteiger partial charge in [-0.2, -0.15) is 0 Å². The minimum Gasteiger partial charge on any atom is -0.373 e. The molecule has 2 aliphatic heterocycles. The Balaban J connectivity index is 1.76. The summed E-state index contributed by atoms with van der Waals surface area (Å²) >= 11 is 0. The first-order valence-electron chi connectivity index (χ1n) is 8.31. The number of nitrogens with one attached hydrogen (secondary N) is 2. The predicted molar refractivity (Wildman–Crippen MR) is 84.7 cm³/mol. The number of anilines is 2. The van der Waals surface area contributed by atoms with Gasteiger partial charge in [0.05, 0.1) is 18.2 Å². The second-order valence-corrected chi connectivity index (χ2v) is 6.09. The van der Waals surface area contributed by atoms with Crippen LogP contribution in [0.2, 0.25) is 0 Å². The lowest BCUT2D eigenvalue weighted by atomic mass is 9.95. The Bertz CT molecular complexity index is 479. The van der Waals surface area contributed by atoms with Crippen molar-refractivity contribution in [3.05, 3.63) is 11.9 Å². The molecule has 0 amide bonds. The van der Waals surface area contributed by atoms with Gasteiger partial charge in [-0.3, -0.25) is 0 Å². The van der Waals surface area contributed by atoms with Crippen molar-refractivity contribution in [2.24, 2.45) is 0 Å². The Kier molecular flexibility index (Phi) is 4.58. The molecule has 0 saturated carbocycles. The first-order chi connectivity index (χ1) is 10.3. The van der Waals surface area contributed by atoms with E-state index in [1.807, 2.05) is 0 Å². The summed E-state index contributed by atoms with van der Waals surface area (Å²) in [5.41, 5.74) is 1.22. The van der Waals surface area contributed by atoms with E-state index in [-0.39, 0.29) is 0 Å². The van der Waals surface area contributed by atoms with Crippen molar-refractivity contribution in [3.63, 3.8) is 0 Å². The lowest BCUT2D eigenvalue weighted by Gasteiger charge is -2.23. The topological polar surface area (TPSA) is 59.1 Å². The molecule has 2 bridgehead atoms. The summed E-state index contributed by atoms with van der Waals surface area (Å²) in [5, 5.41) is 7.05. The minimum atomic E-state index is 0.367. The molecular weight excluding hydrogens is 264 g/mol. The molecule has 3 heterocycles. The van der Waals surface area contributed by atoms with Crippen LogP contribution in [0.4, 0.5) is 11.6 Å². The van der Waals surface area contributed by atoms with Crippen LogP contribution in [-0.4, -0.2) is 34.8 Å². The number of rotatable bonds is 7. The van der Waals surface area contributed by atoms with Crippen LogP contribution in [0.3, 0.4) is 0 Å². The molecule has 2 fully saturated rings. The summed E-state index contributed by atoms with van der Waals surface area (Å²) in [5.74, 6) is 1.98. The average Bonchev–Trinajstić information content (AvgIpc) is 3.10. The number of hydrogen-bond donors (Lipinski definition) is 2. The maximum Gasteiger partial charge on any atom is 0.135 e. The van der Waals surface area contributed by atoms with Crippen molar-refractivity contribution in [2.75, 3.05) is 17.2 Å². The fraction of sp³-hybridized carbons (Fsp3) is 0.750. The van der Waals surface area contributed by atoms with Crippen LogP contribution in [0.1, 0.15) is 51.5 Å². The Morgan fingerprint density at radius 2 is 2.05 bits per heavy atom. The third-order valence-corrected chi connectivity index (χ3v) is 4.42. The molecule has 0 aromatic carbocycles. The third kappa shape index (κ3) is 3.12. The van der Waals surface area contributed by atoms with E-state index in [0.717, 1.165) is 43.9 Å². The molecule has 3 rings (SSSR count). The van der Waals surface area contributed by atoms with Gasteiger partial charge in [0.1, 0.15) is 18.0 Å². The summed E-state index contributed by atoms with van der Waals surface area (Å²) in [6.07, 6.45) is 9.18. The van der Waals surface area contributed by atoms with E-state index < -0.39 is 0 Å². The summed E-state index contributed by atoms with van der Waals surface area (Å²) in [6, 6.07) is 0.410. The first kappa shape index (κ1) is 14.6. The van der Waals surface area contributed by atoms with Crippen molar-refractivity contribution in [3.8, 4) is 0 Å². The van der Waals surface area contributed by atoms with Gasteiger partial charge in [-0.25, -0.2) is 9.97 Å². The smallest absolute Gasteiger partial charge is 0.135 e. The van der Waals surface area contributed by atoms with Gasteiger partial charge in [0.25, 0.3) is 0 Å². The summed E-state index contributed by atoms with van der Waals surface area (Å²) in [7, 11) is 0. The molecule has 1 aromatic rings. The first-order valence-corrected chi connectivity index (χ1v) is 8.31. The molecule has 2 N–H and O–H groups in total. The lowest BCUT2D eigenvalue weighted by Crippen LogP contribution is -2.31. The highest BCUT2D eigenvalue weighted by Gasteiger charge is 2.41. The highest BCUT2D eigenvalue weighted by Crippen LogP contribution is 2.36. The van der Waals surface area contributed by atoms with E-state index in [1.165, 1.54) is 18.4 Å². The fourth-order valence-corrected chi connectivity index (χ4v) is 3.38. The van der Waals surface area contributed by atoms with Crippen LogP contribution in [0.25, 0.3) is 0 Å². The maximum atomic E-state index is 5.93. The predicted octanol–water partition coefficient (Wildman–Crippen LogP) is 2.98. The van der Waals surface area contributed by atoms with Crippen molar-refractivity contribution in [1.29, 1.82) is 0 Å². The number of aromatic nitrogens is 2. The monoisotopic (exact) mass is 290 g/mol. The summed E-state index contributed by atoms with van der Waals surface area (Å²) < 4.78 is 5.93. The molecule has 1 aromatic heterocycles. The molecule has 116 valence electrons. The standard InChI is InChI=1S/C16H26N4O/c1-3-5-12-15(17-8-4-2)18-10-19-16(12)20-13-9-11-6-7-14(13)21-11/h10-11,13-14H,3-9H2,1-2H3,(H2,17,18,19,20). The number of nitrogens with zero attached hydrogens (tertiary/aromatic N) is 2. The molecule has 5 heteroatoms. The van der Waals surface area contributed by atoms with Crippen LogP contribution in [0.15, 0.2) is 6.33 Å². The van der Waals surface area contributed by atoms with Crippen LogP contribution in [-0.2, 0) is 11.2 Å². The molecule has 3 unspecified atom stereocenters. The molecule has 0 aliphatic carbocycles. The van der Waals surface area contributed by atoms with Crippen LogP contribution >= 0.6 is 0 Å².